The maximum atomic E-state index is 11.1. The number of aromatic nitrogens is 1. The van der Waals surface area contributed by atoms with Gasteiger partial charge >= 0.3 is 0 Å². The molecule has 0 unspecified atom stereocenters. The number of hydrogen-bond donors (Lipinski definition) is 0. The van der Waals surface area contributed by atoms with Crippen LogP contribution < -0.4 is 0 Å². The number of rotatable bonds is 4. The van der Waals surface area contributed by atoms with E-state index in [2.05, 4.69) is 23.1 Å². The number of hydrogen-bond acceptors (Lipinski definition) is 5. The highest BCUT2D eigenvalue weighted by molar-refractivity contribution is 7.18. The van der Waals surface area contributed by atoms with Crippen LogP contribution in [0.5, 0.6) is 0 Å². The maximum absolute atomic E-state index is 11.1. The molecule has 0 spiro atoms. The van der Waals surface area contributed by atoms with E-state index in [1.807, 2.05) is 30.4 Å². The minimum absolute atomic E-state index is 0.215. The second-order valence-electron chi connectivity index (χ2n) is 6.89. The first-order chi connectivity index (χ1) is 12.6. The third-order valence-corrected chi connectivity index (χ3v) is 6.45. The highest BCUT2D eigenvalue weighted by atomic mass is 32.1. The molecule has 0 aliphatic carbocycles. The molecule has 0 saturated carbocycles. The number of nitro groups is 1. The summed E-state index contributed by atoms with van der Waals surface area (Å²) >= 11 is 1.81. The lowest BCUT2D eigenvalue weighted by Gasteiger charge is -2.31. The zero-order valence-corrected chi connectivity index (χ0v) is 15.5. The van der Waals surface area contributed by atoms with Gasteiger partial charge in [0.2, 0.25) is 0 Å². The minimum Gasteiger partial charge on any atom is -0.299 e. The Morgan fingerprint density at radius 2 is 1.96 bits per heavy atom. The van der Waals surface area contributed by atoms with Crippen LogP contribution in [0.3, 0.4) is 0 Å². The lowest BCUT2D eigenvalue weighted by Crippen LogP contribution is -2.32. The van der Waals surface area contributed by atoms with E-state index in [-0.39, 0.29) is 10.6 Å². The van der Waals surface area contributed by atoms with E-state index in [9.17, 15) is 10.1 Å². The van der Waals surface area contributed by atoms with Gasteiger partial charge < -0.3 is 0 Å². The van der Waals surface area contributed by atoms with Crippen LogP contribution in [-0.4, -0.2) is 27.9 Å². The third-order valence-electron chi connectivity index (χ3n) is 5.26. The molecule has 6 heteroatoms. The van der Waals surface area contributed by atoms with Crippen molar-refractivity contribution in [1.29, 1.82) is 0 Å². The van der Waals surface area contributed by atoms with E-state index >= 15 is 0 Å². The number of nitrogens with zero attached hydrogens (tertiary/aromatic N) is 3. The first-order valence-corrected chi connectivity index (χ1v) is 9.74. The van der Waals surface area contributed by atoms with Crippen LogP contribution in [0.25, 0.3) is 10.2 Å². The summed E-state index contributed by atoms with van der Waals surface area (Å²) in [5.74, 6) is 0.523. The fourth-order valence-corrected chi connectivity index (χ4v) is 4.82. The molecule has 5 nitrogen and oxygen atoms in total. The minimum atomic E-state index is -0.293. The molecule has 0 radical (unpaired) electrons. The third kappa shape index (κ3) is 3.34. The van der Waals surface area contributed by atoms with Gasteiger partial charge in [0.05, 0.1) is 20.1 Å². The van der Waals surface area contributed by atoms with E-state index in [1.165, 1.54) is 9.71 Å². The Labute approximate surface area is 156 Å². The molecule has 4 rings (SSSR count). The molecule has 1 saturated heterocycles. The van der Waals surface area contributed by atoms with Crippen molar-refractivity contribution in [3.8, 4) is 0 Å². The van der Waals surface area contributed by atoms with Crippen molar-refractivity contribution in [2.24, 2.45) is 0 Å². The number of nitro benzene ring substituents is 1. The fraction of sp³-hybridized carbons (Fsp3) is 0.350. The molecular weight excluding hydrogens is 346 g/mol. The van der Waals surface area contributed by atoms with Gasteiger partial charge in [0.15, 0.2) is 0 Å². The Morgan fingerprint density at radius 3 is 2.69 bits per heavy atom. The van der Waals surface area contributed by atoms with E-state index < -0.39 is 0 Å². The molecule has 2 heterocycles. The van der Waals surface area contributed by atoms with Crippen molar-refractivity contribution in [1.82, 2.24) is 9.88 Å². The highest BCUT2D eigenvalue weighted by Crippen LogP contribution is 2.34. The maximum Gasteiger partial charge on any atom is 0.272 e. The topological polar surface area (TPSA) is 59.3 Å². The van der Waals surface area contributed by atoms with Crippen molar-refractivity contribution < 1.29 is 4.92 Å². The molecule has 1 fully saturated rings. The Balaban J connectivity index is 1.42. The van der Waals surface area contributed by atoms with Crippen LogP contribution in [0, 0.1) is 17.0 Å². The average molecular weight is 367 g/mol. The lowest BCUT2D eigenvalue weighted by atomic mass is 9.96. The molecule has 2 aromatic carbocycles. The van der Waals surface area contributed by atoms with Crippen molar-refractivity contribution in [3.05, 3.63) is 68.7 Å². The van der Waals surface area contributed by atoms with Crippen molar-refractivity contribution in [2.75, 3.05) is 13.1 Å². The van der Waals surface area contributed by atoms with Gasteiger partial charge in [-0.25, -0.2) is 4.98 Å². The molecule has 1 aromatic heterocycles. The number of likely N-dealkylation sites (tertiary alicyclic amines) is 1. The van der Waals surface area contributed by atoms with Crippen LogP contribution in [0.1, 0.15) is 34.9 Å². The number of piperidine rings is 1. The number of thiazole rings is 1. The summed E-state index contributed by atoms with van der Waals surface area (Å²) in [5.41, 5.74) is 3.15. The summed E-state index contributed by atoms with van der Waals surface area (Å²) in [7, 11) is 0. The highest BCUT2D eigenvalue weighted by Gasteiger charge is 2.24. The molecule has 0 atom stereocenters. The second kappa shape index (κ2) is 7.13. The zero-order valence-electron chi connectivity index (χ0n) is 14.7. The van der Waals surface area contributed by atoms with E-state index in [0.717, 1.165) is 49.1 Å². The molecular formula is C20H21N3O2S. The van der Waals surface area contributed by atoms with Crippen molar-refractivity contribution >= 4 is 27.2 Å². The normalized spacial score (nSPS) is 16.2. The van der Waals surface area contributed by atoms with Crippen LogP contribution in [0.15, 0.2) is 42.5 Å². The first kappa shape index (κ1) is 17.1. The van der Waals surface area contributed by atoms with Gasteiger partial charge in [0, 0.05) is 24.1 Å². The Morgan fingerprint density at radius 1 is 1.19 bits per heavy atom. The second-order valence-corrected chi connectivity index (χ2v) is 7.95. The SMILES string of the molecule is Cc1c(CN2CCC(c3nc4ccccc4s3)CC2)cccc1[N+](=O)[O-]. The van der Waals surface area contributed by atoms with Crippen LogP contribution >= 0.6 is 11.3 Å². The molecule has 26 heavy (non-hydrogen) atoms. The molecule has 0 N–H and O–H groups in total. The van der Waals surface area contributed by atoms with Gasteiger partial charge in [-0.15, -0.1) is 11.3 Å². The van der Waals surface area contributed by atoms with E-state index in [0.29, 0.717) is 5.92 Å². The molecule has 1 aliphatic rings. The fourth-order valence-electron chi connectivity index (χ4n) is 3.68. The Hall–Kier alpha value is -2.31. The summed E-state index contributed by atoms with van der Waals surface area (Å²) in [4.78, 5) is 18.0. The van der Waals surface area contributed by atoms with E-state index in [4.69, 9.17) is 4.98 Å². The van der Waals surface area contributed by atoms with Gasteiger partial charge in [-0.2, -0.15) is 0 Å². The Kier molecular flexibility index (Phi) is 4.70. The van der Waals surface area contributed by atoms with Crippen LogP contribution in [0.2, 0.25) is 0 Å². The summed E-state index contributed by atoms with van der Waals surface area (Å²) in [6, 6.07) is 13.7. The van der Waals surface area contributed by atoms with Gasteiger partial charge in [0.1, 0.15) is 0 Å². The van der Waals surface area contributed by atoms with Gasteiger partial charge in [-0.3, -0.25) is 15.0 Å². The summed E-state index contributed by atoms with van der Waals surface area (Å²) in [6.07, 6.45) is 2.18. The van der Waals surface area contributed by atoms with Gasteiger partial charge in [-0.1, -0.05) is 24.3 Å². The predicted octanol–water partition coefficient (Wildman–Crippen LogP) is 4.89. The van der Waals surface area contributed by atoms with Crippen LogP contribution in [0.4, 0.5) is 5.69 Å². The van der Waals surface area contributed by atoms with Crippen LogP contribution in [-0.2, 0) is 6.54 Å². The van der Waals surface area contributed by atoms with Crippen molar-refractivity contribution in [2.45, 2.75) is 32.2 Å². The van der Waals surface area contributed by atoms with Gasteiger partial charge in [0.25, 0.3) is 5.69 Å². The molecule has 134 valence electrons. The van der Waals surface area contributed by atoms with Gasteiger partial charge in [-0.05, 0) is 50.6 Å². The monoisotopic (exact) mass is 367 g/mol. The molecule has 1 aliphatic heterocycles. The summed E-state index contributed by atoms with van der Waals surface area (Å²) in [5, 5.41) is 12.4. The lowest BCUT2D eigenvalue weighted by molar-refractivity contribution is -0.385. The molecule has 3 aromatic rings. The number of para-hydroxylation sites is 1. The predicted molar refractivity (Wildman–Crippen MR) is 105 cm³/mol. The smallest absolute Gasteiger partial charge is 0.272 e. The standard InChI is InChI=1S/C20H21N3O2S/c1-14-16(5-4-7-18(14)23(24)25)13-22-11-9-15(10-12-22)20-21-17-6-2-3-8-19(17)26-20/h2-8,15H,9-13H2,1H3. The Bertz CT molecular complexity index is 912. The quantitative estimate of drug-likeness (QED) is 0.486. The average Bonchev–Trinajstić information content (AvgIpc) is 3.08. The summed E-state index contributed by atoms with van der Waals surface area (Å²) in [6.45, 7) is 4.63. The molecule has 0 amide bonds. The zero-order chi connectivity index (χ0) is 18.1. The largest absolute Gasteiger partial charge is 0.299 e. The number of fused-ring (bicyclic) bond motifs is 1. The van der Waals surface area contributed by atoms with Crippen molar-refractivity contribution in [3.63, 3.8) is 0 Å². The first-order valence-electron chi connectivity index (χ1n) is 8.92. The number of benzene rings is 2. The molecule has 0 bridgehead atoms. The summed E-state index contributed by atoms with van der Waals surface area (Å²) < 4.78 is 1.26. The van der Waals surface area contributed by atoms with E-state index in [1.54, 1.807) is 12.1 Å².